The molecule has 0 saturated heterocycles. The summed E-state index contributed by atoms with van der Waals surface area (Å²) in [4.78, 5) is 56.0. The van der Waals surface area contributed by atoms with Crippen LogP contribution in [0.4, 0.5) is 11.4 Å². The number of hydrogen-bond donors (Lipinski definition) is 3. The first-order chi connectivity index (χ1) is 14.4. The SMILES string of the molecule is CCn1c(=O)[nH]c(=O)c2c(C(=O)Nc3cccc(NC(C)=O)c3)cc(C3CC3)nc21. The van der Waals surface area contributed by atoms with Crippen LogP contribution in [0.1, 0.15) is 48.7 Å². The summed E-state index contributed by atoms with van der Waals surface area (Å²) in [7, 11) is 0. The van der Waals surface area contributed by atoms with Crippen molar-refractivity contribution in [1.82, 2.24) is 14.5 Å². The van der Waals surface area contributed by atoms with Crippen LogP contribution in [-0.4, -0.2) is 26.3 Å². The Labute approximate surface area is 171 Å². The predicted octanol–water partition coefficient (Wildman–Crippen LogP) is 2.19. The maximum Gasteiger partial charge on any atom is 0.329 e. The number of benzene rings is 1. The van der Waals surface area contributed by atoms with Gasteiger partial charge in [-0.3, -0.25) is 23.9 Å². The average Bonchev–Trinajstić information content (AvgIpc) is 3.52. The number of aromatic amines is 1. The minimum Gasteiger partial charge on any atom is -0.326 e. The lowest BCUT2D eigenvalue weighted by molar-refractivity contribution is -0.114. The van der Waals surface area contributed by atoms with Crippen molar-refractivity contribution in [2.45, 2.75) is 39.2 Å². The molecule has 1 aliphatic carbocycles. The quantitative estimate of drug-likeness (QED) is 0.598. The van der Waals surface area contributed by atoms with Gasteiger partial charge in [0.15, 0.2) is 5.65 Å². The van der Waals surface area contributed by atoms with Gasteiger partial charge < -0.3 is 10.6 Å². The van der Waals surface area contributed by atoms with Crippen LogP contribution in [0, 0.1) is 0 Å². The van der Waals surface area contributed by atoms with Crippen LogP contribution < -0.4 is 21.9 Å². The van der Waals surface area contributed by atoms with Gasteiger partial charge in [0.05, 0.1) is 10.9 Å². The van der Waals surface area contributed by atoms with Crippen molar-refractivity contribution in [1.29, 1.82) is 0 Å². The lowest BCUT2D eigenvalue weighted by atomic mass is 10.1. The fourth-order valence-corrected chi connectivity index (χ4v) is 3.43. The molecular formula is C21H21N5O4. The molecule has 2 aromatic heterocycles. The molecule has 0 unspecified atom stereocenters. The molecule has 9 heteroatoms. The van der Waals surface area contributed by atoms with Crippen LogP contribution in [0.25, 0.3) is 11.0 Å². The second-order valence-corrected chi connectivity index (χ2v) is 7.29. The molecule has 1 aliphatic rings. The van der Waals surface area contributed by atoms with Crippen molar-refractivity contribution in [2.75, 3.05) is 10.6 Å². The second-order valence-electron chi connectivity index (χ2n) is 7.29. The normalized spacial score (nSPS) is 13.3. The minimum atomic E-state index is -0.647. The Bertz CT molecular complexity index is 1290. The van der Waals surface area contributed by atoms with Gasteiger partial charge in [0.2, 0.25) is 5.91 Å². The number of H-pyrrole nitrogens is 1. The first-order valence-electron chi connectivity index (χ1n) is 9.74. The fourth-order valence-electron chi connectivity index (χ4n) is 3.43. The average molecular weight is 407 g/mol. The van der Waals surface area contributed by atoms with Crippen molar-refractivity contribution >= 4 is 34.2 Å². The van der Waals surface area contributed by atoms with E-state index in [-0.39, 0.29) is 28.4 Å². The van der Waals surface area contributed by atoms with E-state index in [2.05, 4.69) is 20.6 Å². The van der Waals surface area contributed by atoms with Gasteiger partial charge in [-0.2, -0.15) is 0 Å². The number of nitrogens with zero attached hydrogens (tertiary/aromatic N) is 2. The number of fused-ring (bicyclic) bond motifs is 1. The lowest BCUT2D eigenvalue weighted by Gasteiger charge is -2.13. The van der Waals surface area contributed by atoms with Crippen LogP contribution in [-0.2, 0) is 11.3 Å². The van der Waals surface area contributed by atoms with Crippen LogP contribution >= 0.6 is 0 Å². The summed E-state index contributed by atoms with van der Waals surface area (Å²) >= 11 is 0. The molecule has 3 N–H and O–H groups in total. The summed E-state index contributed by atoms with van der Waals surface area (Å²) < 4.78 is 1.36. The van der Waals surface area contributed by atoms with Crippen LogP contribution in [0.15, 0.2) is 39.9 Å². The number of carbonyl (C=O) groups is 2. The molecule has 30 heavy (non-hydrogen) atoms. The zero-order valence-electron chi connectivity index (χ0n) is 16.6. The Morgan fingerprint density at radius 1 is 1.17 bits per heavy atom. The zero-order valence-corrected chi connectivity index (χ0v) is 16.6. The van der Waals surface area contributed by atoms with Gasteiger partial charge in [0.25, 0.3) is 11.5 Å². The van der Waals surface area contributed by atoms with Gasteiger partial charge in [0.1, 0.15) is 0 Å². The van der Waals surface area contributed by atoms with Gasteiger partial charge in [-0.05, 0) is 44.0 Å². The Balaban J connectivity index is 1.81. The molecular weight excluding hydrogens is 386 g/mol. The lowest BCUT2D eigenvalue weighted by Crippen LogP contribution is -2.32. The number of pyridine rings is 1. The van der Waals surface area contributed by atoms with Gasteiger partial charge in [0, 0.05) is 36.5 Å². The van der Waals surface area contributed by atoms with Crippen molar-refractivity contribution in [3.05, 3.63) is 62.4 Å². The number of anilines is 2. The molecule has 1 fully saturated rings. The molecule has 2 amide bonds. The largest absolute Gasteiger partial charge is 0.329 e. The van der Waals surface area contributed by atoms with Gasteiger partial charge in [-0.1, -0.05) is 6.07 Å². The number of hydrogen-bond acceptors (Lipinski definition) is 5. The Hall–Kier alpha value is -3.75. The predicted molar refractivity (Wildman–Crippen MR) is 113 cm³/mol. The highest BCUT2D eigenvalue weighted by Gasteiger charge is 2.28. The fraction of sp³-hybridized carbons (Fsp3) is 0.286. The molecule has 0 bridgehead atoms. The van der Waals surface area contributed by atoms with Crippen molar-refractivity contribution < 1.29 is 9.59 Å². The Morgan fingerprint density at radius 3 is 2.50 bits per heavy atom. The van der Waals surface area contributed by atoms with E-state index in [1.165, 1.54) is 11.5 Å². The van der Waals surface area contributed by atoms with E-state index in [0.717, 1.165) is 12.8 Å². The maximum atomic E-state index is 13.1. The molecule has 0 aliphatic heterocycles. The maximum absolute atomic E-state index is 13.1. The van der Waals surface area contributed by atoms with E-state index in [1.54, 1.807) is 37.3 Å². The summed E-state index contributed by atoms with van der Waals surface area (Å²) in [6, 6.07) is 8.33. The molecule has 9 nitrogen and oxygen atoms in total. The summed E-state index contributed by atoms with van der Waals surface area (Å²) in [5.41, 5.74) is 0.882. The van der Waals surface area contributed by atoms with E-state index < -0.39 is 17.2 Å². The number of nitrogens with one attached hydrogen (secondary N) is 3. The van der Waals surface area contributed by atoms with Gasteiger partial charge >= 0.3 is 5.69 Å². The first-order valence-corrected chi connectivity index (χ1v) is 9.74. The number of rotatable bonds is 5. The van der Waals surface area contributed by atoms with Gasteiger partial charge in [-0.15, -0.1) is 0 Å². The van der Waals surface area contributed by atoms with E-state index in [9.17, 15) is 19.2 Å². The number of aromatic nitrogens is 3. The highest BCUT2D eigenvalue weighted by atomic mass is 16.2. The molecule has 0 atom stereocenters. The third kappa shape index (κ3) is 3.73. The number of carbonyl (C=O) groups excluding carboxylic acids is 2. The third-order valence-corrected chi connectivity index (χ3v) is 4.97. The Kier molecular flexibility index (Phi) is 4.94. The first kappa shape index (κ1) is 19.6. The van der Waals surface area contributed by atoms with E-state index in [0.29, 0.717) is 23.6 Å². The van der Waals surface area contributed by atoms with E-state index in [1.807, 2.05) is 0 Å². The smallest absolute Gasteiger partial charge is 0.326 e. The van der Waals surface area contributed by atoms with Crippen LogP contribution in [0.2, 0.25) is 0 Å². The van der Waals surface area contributed by atoms with Crippen molar-refractivity contribution in [3.8, 4) is 0 Å². The van der Waals surface area contributed by atoms with Gasteiger partial charge in [-0.25, -0.2) is 9.78 Å². The highest BCUT2D eigenvalue weighted by Crippen LogP contribution is 2.40. The minimum absolute atomic E-state index is 0.0800. The molecule has 4 rings (SSSR count). The molecule has 0 radical (unpaired) electrons. The van der Waals surface area contributed by atoms with E-state index >= 15 is 0 Å². The number of aryl methyl sites for hydroxylation is 1. The summed E-state index contributed by atoms with van der Waals surface area (Å²) in [6.07, 6.45) is 1.91. The highest BCUT2D eigenvalue weighted by molar-refractivity contribution is 6.12. The van der Waals surface area contributed by atoms with Crippen LogP contribution in [0.3, 0.4) is 0 Å². The molecule has 1 saturated carbocycles. The molecule has 154 valence electrons. The Morgan fingerprint density at radius 2 is 1.87 bits per heavy atom. The summed E-state index contributed by atoms with van der Waals surface area (Å²) in [5.74, 6) is -0.489. The molecule has 2 heterocycles. The van der Waals surface area contributed by atoms with Crippen LogP contribution in [0.5, 0.6) is 0 Å². The summed E-state index contributed by atoms with van der Waals surface area (Å²) in [6.45, 7) is 3.48. The van der Waals surface area contributed by atoms with Crippen molar-refractivity contribution in [3.63, 3.8) is 0 Å². The third-order valence-electron chi connectivity index (χ3n) is 4.97. The second kappa shape index (κ2) is 7.58. The topological polar surface area (TPSA) is 126 Å². The monoisotopic (exact) mass is 407 g/mol. The molecule has 3 aromatic rings. The summed E-state index contributed by atoms with van der Waals surface area (Å²) in [5, 5.41) is 5.51. The number of amides is 2. The molecule has 1 aromatic carbocycles. The zero-order chi connectivity index (χ0) is 21.4. The van der Waals surface area contributed by atoms with Crippen molar-refractivity contribution in [2.24, 2.45) is 0 Å². The standard InChI is InChI=1S/C21H21N5O4/c1-3-26-18-17(20(29)25-21(26)30)15(10-16(24-18)12-7-8-12)19(28)23-14-6-4-5-13(9-14)22-11(2)27/h4-6,9-10,12H,3,7-8H2,1-2H3,(H,22,27)(H,23,28)(H,25,29,30). The molecule has 0 spiro atoms. The van der Waals surface area contributed by atoms with E-state index in [4.69, 9.17) is 0 Å².